The lowest BCUT2D eigenvalue weighted by atomic mass is 9.81. The van der Waals surface area contributed by atoms with E-state index in [2.05, 4.69) is 11.9 Å². The van der Waals surface area contributed by atoms with Crippen LogP contribution in [-0.4, -0.2) is 56.6 Å². The zero-order chi connectivity index (χ0) is 18.7. The predicted octanol–water partition coefficient (Wildman–Crippen LogP) is 2.85. The van der Waals surface area contributed by atoms with E-state index in [1.807, 2.05) is 24.3 Å². The Morgan fingerprint density at radius 3 is 2.35 bits per heavy atom. The number of hydrogen-bond donors (Lipinski definition) is 0. The average Bonchev–Trinajstić information content (AvgIpc) is 3.15. The normalized spacial score (nSPS) is 33.2. The molecule has 0 bridgehead atoms. The highest BCUT2D eigenvalue weighted by Gasteiger charge is 2.53. The van der Waals surface area contributed by atoms with Crippen LogP contribution in [0.15, 0.2) is 24.3 Å². The summed E-state index contributed by atoms with van der Waals surface area (Å²) >= 11 is 0. The van der Waals surface area contributed by atoms with Gasteiger partial charge in [0.15, 0.2) is 17.6 Å². The zero-order valence-electron chi connectivity index (χ0n) is 16.1. The first kappa shape index (κ1) is 19.0. The van der Waals surface area contributed by atoms with Crippen LogP contribution in [0.5, 0.6) is 11.5 Å². The molecule has 2 heterocycles. The minimum absolute atomic E-state index is 0.195. The summed E-state index contributed by atoms with van der Waals surface area (Å²) in [5, 5.41) is 0. The second-order valence-electron chi connectivity index (χ2n) is 7.29. The van der Waals surface area contributed by atoms with Crippen molar-refractivity contribution in [1.29, 1.82) is 0 Å². The molecule has 6 nitrogen and oxygen atoms in total. The van der Waals surface area contributed by atoms with E-state index in [1.54, 1.807) is 21.1 Å². The summed E-state index contributed by atoms with van der Waals surface area (Å²) in [6, 6.07) is 8.06. The van der Waals surface area contributed by atoms with Gasteiger partial charge in [-0.1, -0.05) is 12.1 Å². The molecule has 4 atom stereocenters. The highest BCUT2D eigenvalue weighted by molar-refractivity contribution is 5.76. The molecule has 0 amide bonds. The molecule has 144 valence electrons. The Balaban J connectivity index is 0.000000170. The minimum atomic E-state index is -0.601. The highest BCUT2D eigenvalue weighted by Crippen LogP contribution is 2.45. The SMILES string of the molecule is CC1OC2(CCC3CCN(C)C3C2)OC1=O.COc1ccccc1OC. The number of carbonyl (C=O) groups is 1. The van der Waals surface area contributed by atoms with Gasteiger partial charge in [0.1, 0.15) is 0 Å². The molecule has 1 aliphatic carbocycles. The molecule has 1 aromatic rings. The van der Waals surface area contributed by atoms with Crippen molar-refractivity contribution in [3.8, 4) is 11.5 Å². The number of esters is 1. The third-order valence-electron chi connectivity index (χ3n) is 5.68. The maximum atomic E-state index is 11.5. The molecule has 3 fully saturated rings. The number of methoxy groups -OCH3 is 2. The second kappa shape index (κ2) is 7.84. The number of hydrogen-bond acceptors (Lipinski definition) is 6. The summed E-state index contributed by atoms with van der Waals surface area (Å²) in [6.07, 6.45) is 3.74. The van der Waals surface area contributed by atoms with Crippen LogP contribution in [0, 0.1) is 5.92 Å². The molecule has 1 spiro atoms. The van der Waals surface area contributed by atoms with Crippen molar-refractivity contribution < 1.29 is 23.7 Å². The van der Waals surface area contributed by atoms with Gasteiger partial charge in [0, 0.05) is 18.9 Å². The Hall–Kier alpha value is -1.79. The third kappa shape index (κ3) is 3.81. The van der Waals surface area contributed by atoms with Crippen molar-refractivity contribution in [2.24, 2.45) is 5.92 Å². The van der Waals surface area contributed by atoms with Crippen molar-refractivity contribution in [3.63, 3.8) is 0 Å². The maximum absolute atomic E-state index is 11.5. The maximum Gasteiger partial charge on any atom is 0.337 e. The van der Waals surface area contributed by atoms with Crippen LogP contribution in [0.2, 0.25) is 0 Å². The van der Waals surface area contributed by atoms with Crippen LogP contribution in [0.1, 0.15) is 32.6 Å². The number of fused-ring (bicyclic) bond motifs is 1. The molecule has 1 saturated carbocycles. The fourth-order valence-corrected chi connectivity index (χ4v) is 4.22. The van der Waals surface area contributed by atoms with E-state index < -0.39 is 5.79 Å². The van der Waals surface area contributed by atoms with Gasteiger partial charge >= 0.3 is 5.97 Å². The number of ether oxygens (including phenoxy) is 4. The van der Waals surface area contributed by atoms with Crippen LogP contribution in [0.3, 0.4) is 0 Å². The van der Waals surface area contributed by atoms with Gasteiger partial charge in [0.25, 0.3) is 0 Å². The molecule has 0 radical (unpaired) electrons. The lowest BCUT2D eigenvalue weighted by Gasteiger charge is -2.39. The predicted molar refractivity (Wildman–Crippen MR) is 97.3 cm³/mol. The van der Waals surface area contributed by atoms with Crippen molar-refractivity contribution >= 4 is 5.97 Å². The van der Waals surface area contributed by atoms with E-state index in [4.69, 9.17) is 18.9 Å². The molecule has 3 aliphatic rings. The Kier molecular flexibility index (Phi) is 5.73. The molecule has 1 aromatic carbocycles. The smallest absolute Gasteiger partial charge is 0.337 e. The Labute approximate surface area is 155 Å². The van der Waals surface area contributed by atoms with Crippen molar-refractivity contribution in [2.75, 3.05) is 27.8 Å². The summed E-state index contributed by atoms with van der Waals surface area (Å²) in [7, 11) is 5.40. The largest absolute Gasteiger partial charge is 0.493 e. The Morgan fingerprint density at radius 1 is 1.15 bits per heavy atom. The van der Waals surface area contributed by atoms with Crippen molar-refractivity contribution in [2.45, 2.75) is 50.5 Å². The number of likely N-dealkylation sites (tertiary alicyclic amines) is 1. The zero-order valence-corrected chi connectivity index (χ0v) is 16.1. The molecule has 0 N–H and O–H groups in total. The average molecular weight is 363 g/mol. The van der Waals surface area contributed by atoms with Crippen molar-refractivity contribution in [1.82, 2.24) is 4.90 Å². The van der Waals surface area contributed by atoms with E-state index in [0.717, 1.165) is 43.2 Å². The number of carbonyl (C=O) groups excluding carboxylic acids is 1. The summed E-state index contributed by atoms with van der Waals surface area (Å²) in [5.41, 5.74) is 0. The van der Waals surface area contributed by atoms with Gasteiger partial charge in [-0.2, -0.15) is 0 Å². The monoisotopic (exact) mass is 363 g/mol. The molecule has 2 aliphatic heterocycles. The van der Waals surface area contributed by atoms with E-state index in [1.165, 1.54) is 6.42 Å². The fraction of sp³-hybridized carbons (Fsp3) is 0.650. The number of benzene rings is 1. The van der Waals surface area contributed by atoms with Crippen LogP contribution < -0.4 is 9.47 Å². The molecule has 0 aromatic heterocycles. The van der Waals surface area contributed by atoms with Crippen LogP contribution in [0.4, 0.5) is 0 Å². The van der Waals surface area contributed by atoms with Crippen LogP contribution in [-0.2, 0) is 14.3 Å². The van der Waals surface area contributed by atoms with Gasteiger partial charge in [-0.3, -0.25) is 0 Å². The summed E-state index contributed by atoms with van der Waals surface area (Å²) < 4.78 is 21.3. The second-order valence-corrected chi connectivity index (χ2v) is 7.29. The quantitative estimate of drug-likeness (QED) is 0.753. The van der Waals surface area contributed by atoms with Gasteiger partial charge in [0.05, 0.1) is 14.2 Å². The summed E-state index contributed by atoms with van der Waals surface area (Å²) in [4.78, 5) is 13.8. The standard InChI is InChI=1S/C12H19NO3.C8H10O2/c1-8-11(14)16-12(15-8)5-3-9-4-6-13(2)10(9)7-12;1-9-7-5-3-4-6-8(7)10-2/h8-10H,3-7H2,1-2H3;3-6H,1-2H3. The first-order chi connectivity index (χ1) is 12.5. The van der Waals surface area contributed by atoms with Gasteiger partial charge < -0.3 is 23.8 Å². The van der Waals surface area contributed by atoms with Gasteiger partial charge in [-0.15, -0.1) is 0 Å². The van der Waals surface area contributed by atoms with Crippen LogP contribution in [0.25, 0.3) is 0 Å². The Morgan fingerprint density at radius 2 is 1.81 bits per heavy atom. The lowest BCUT2D eigenvalue weighted by molar-refractivity contribution is -0.201. The third-order valence-corrected chi connectivity index (χ3v) is 5.68. The van der Waals surface area contributed by atoms with Gasteiger partial charge in [-0.05, 0) is 51.4 Å². The number of nitrogens with zero attached hydrogens (tertiary/aromatic N) is 1. The first-order valence-corrected chi connectivity index (χ1v) is 9.26. The summed E-state index contributed by atoms with van der Waals surface area (Å²) in [6.45, 7) is 2.94. The number of rotatable bonds is 2. The van der Waals surface area contributed by atoms with Gasteiger partial charge in [0.2, 0.25) is 5.79 Å². The topological polar surface area (TPSA) is 57.2 Å². The lowest BCUT2D eigenvalue weighted by Crippen LogP contribution is -2.45. The molecule has 26 heavy (non-hydrogen) atoms. The van der Waals surface area contributed by atoms with Gasteiger partial charge in [-0.25, -0.2) is 4.79 Å². The Bertz CT molecular complexity index is 613. The van der Waals surface area contributed by atoms with Crippen molar-refractivity contribution in [3.05, 3.63) is 24.3 Å². The molecule has 4 rings (SSSR count). The first-order valence-electron chi connectivity index (χ1n) is 9.26. The molecular weight excluding hydrogens is 334 g/mol. The van der Waals surface area contributed by atoms with E-state index in [9.17, 15) is 4.79 Å². The van der Waals surface area contributed by atoms with E-state index in [-0.39, 0.29) is 12.1 Å². The molecule has 2 saturated heterocycles. The fourth-order valence-electron chi connectivity index (χ4n) is 4.22. The van der Waals surface area contributed by atoms with Crippen LogP contribution >= 0.6 is 0 Å². The van der Waals surface area contributed by atoms with E-state index in [0.29, 0.717) is 6.04 Å². The highest BCUT2D eigenvalue weighted by atomic mass is 16.8. The number of para-hydroxylation sites is 2. The molecular formula is C20H29NO5. The van der Waals surface area contributed by atoms with E-state index >= 15 is 0 Å². The summed E-state index contributed by atoms with van der Waals surface area (Å²) in [5.74, 6) is 1.51. The molecule has 6 heteroatoms. The minimum Gasteiger partial charge on any atom is -0.493 e. The molecule has 4 unspecified atom stereocenters.